The Kier molecular flexibility index (Phi) is 5.49. The van der Waals surface area contributed by atoms with Gasteiger partial charge >= 0.3 is 5.97 Å². The number of carboxylic acids is 1. The Morgan fingerprint density at radius 2 is 1.81 bits per heavy atom. The molecular weight excluding hydrogens is 212 g/mol. The van der Waals surface area contributed by atoms with Crippen LogP contribution in [0.2, 0.25) is 0 Å². The molecule has 0 aliphatic carbocycles. The number of hydrogen-bond acceptors (Lipinski definition) is 3. The summed E-state index contributed by atoms with van der Waals surface area (Å²) >= 11 is 0. The van der Waals surface area contributed by atoms with Crippen LogP contribution in [-0.2, 0) is 14.4 Å². The zero-order chi connectivity index (χ0) is 12.9. The second kappa shape index (κ2) is 6.09. The van der Waals surface area contributed by atoms with E-state index in [1.807, 2.05) is 6.92 Å². The lowest BCUT2D eigenvalue weighted by Gasteiger charge is -2.21. The molecule has 16 heavy (non-hydrogen) atoms. The fourth-order valence-corrected chi connectivity index (χ4v) is 0.999. The molecule has 0 rings (SSSR count). The van der Waals surface area contributed by atoms with Crippen molar-refractivity contribution in [1.82, 2.24) is 10.2 Å². The van der Waals surface area contributed by atoms with Crippen LogP contribution >= 0.6 is 0 Å². The highest BCUT2D eigenvalue weighted by Crippen LogP contribution is 1.98. The van der Waals surface area contributed by atoms with Gasteiger partial charge in [-0.15, -0.1) is 0 Å². The molecule has 2 atom stereocenters. The zero-order valence-electron chi connectivity index (χ0n) is 9.98. The van der Waals surface area contributed by atoms with Crippen molar-refractivity contribution in [3.8, 4) is 0 Å². The molecule has 2 unspecified atom stereocenters. The van der Waals surface area contributed by atoms with Gasteiger partial charge in [0.2, 0.25) is 11.8 Å². The lowest BCUT2D eigenvalue weighted by molar-refractivity contribution is -0.147. The van der Waals surface area contributed by atoms with Crippen LogP contribution in [0.25, 0.3) is 0 Å². The molecule has 6 heteroatoms. The third kappa shape index (κ3) is 3.88. The minimum atomic E-state index is -1.21. The summed E-state index contributed by atoms with van der Waals surface area (Å²) in [5.41, 5.74) is 0. The van der Waals surface area contributed by atoms with E-state index in [1.54, 1.807) is 7.05 Å². The maximum atomic E-state index is 11.6. The number of nitrogens with one attached hydrogen (secondary N) is 1. The monoisotopic (exact) mass is 230 g/mol. The summed E-state index contributed by atoms with van der Waals surface area (Å²) in [6.45, 7) is 5.15. The Balaban J connectivity index is 4.35. The van der Waals surface area contributed by atoms with Crippen LogP contribution in [0, 0.1) is 5.92 Å². The van der Waals surface area contributed by atoms with E-state index in [9.17, 15) is 14.4 Å². The molecule has 0 aliphatic rings. The van der Waals surface area contributed by atoms with Gasteiger partial charge in [-0.05, 0) is 20.8 Å². The fraction of sp³-hybridized carbons (Fsp3) is 0.700. The van der Waals surface area contributed by atoms with E-state index >= 15 is 0 Å². The molecule has 2 amide bonds. The Labute approximate surface area is 94.6 Å². The summed E-state index contributed by atoms with van der Waals surface area (Å²) in [7, 11) is 1.62. The number of nitrogens with zero attached hydrogens (tertiary/aromatic N) is 1. The molecule has 0 aromatic rings. The average Bonchev–Trinajstić information content (AvgIpc) is 2.25. The highest BCUT2D eigenvalue weighted by atomic mass is 16.4. The first-order valence-electron chi connectivity index (χ1n) is 5.09. The van der Waals surface area contributed by atoms with Gasteiger partial charge in [0.25, 0.3) is 0 Å². The molecule has 0 saturated heterocycles. The molecule has 6 nitrogen and oxygen atoms in total. The molecule has 0 aliphatic heterocycles. The summed E-state index contributed by atoms with van der Waals surface area (Å²) in [6, 6.07) is -0.709. The Bertz CT molecular complexity index is 291. The van der Waals surface area contributed by atoms with Crippen LogP contribution in [0.5, 0.6) is 0 Å². The van der Waals surface area contributed by atoms with Gasteiger partial charge < -0.3 is 15.3 Å². The van der Waals surface area contributed by atoms with E-state index in [4.69, 9.17) is 5.11 Å². The molecule has 0 fully saturated rings. The number of aliphatic carboxylic acids is 1. The normalized spacial score (nSPS) is 13.8. The van der Waals surface area contributed by atoms with Gasteiger partial charge in [0.15, 0.2) is 0 Å². The highest BCUT2D eigenvalue weighted by molar-refractivity contribution is 5.98. The van der Waals surface area contributed by atoms with Crippen molar-refractivity contribution in [1.29, 1.82) is 0 Å². The summed E-state index contributed by atoms with van der Waals surface area (Å²) in [5.74, 6) is -3.26. The molecule has 92 valence electrons. The number of carbonyl (C=O) groups excluding carboxylic acids is 2. The third-order valence-corrected chi connectivity index (χ3v) is 2.34. The van der Waals surface area contributed by atoms with E-state index in [1.165, 1.54) is 18.7 Å². The van der Waals surface area contributed by atoms with Gasteiger partial charge in [-0.1, -0.05) is 0 Å². The molecule has 0 bridgehead atoms. The second-order valence-electron chi connectivity index (χ2n) is 3.64. The zero-order valence-corrected chi connectivity index (χ0v) is 9.98. The maximum absolute atomic E-state index is 11.6. The molecular formula is C10H18N2O4. The molecule has 0 heterocycles. The number of carbonyl (C=O) groups is 3. The van der Waals surface area contributed by atoms with Crippen LogP contribution in [-0.4, -0.2) is 47.4 Å². The smallest absolute Gasteiger partial charge is 0.315 e. The fourth-order valence-electron chi connectivity index (χ4n) is 0.999. The van der Waals surface area contributed by atoms with Crippen LogP contribution in [0.1, 0.15) is 20.8 Å². The summed E-state index contributed by atoms with van der Waals surface area (Å²) in [5, 5.41) is 11.0. The van der Waals surface area contributed by atoms with Gasteiger partial charge in [0.1, 0.15) is 12.0 Å². The van der Waals surface area contributed by atoms with Crippen molar-refractivity contribution < 1.29 is 19.5 Å². The summed E-state index contributed by atoms with van der Waals surface area (Å²) < 4.78 is 0. The lowest BCUT2D eigenvalue weighted by atomic mass is 10.1. The van der Waals surface area contributed by atoms with Crippen molar-refractivity contribution in [3.05, 3.63) is 0 Å². The van der Waals surface area contributed by atoms with Crippen molar-refractivity contribution >= 4 is 17.8 Å². The molecule has 0 spiro atoms. The highest BCUT2D eigenvalue weighted by Gasteiger charge is 2.25. The lowest BCUT2D eigenvalue weighted by Crippen LogP contribution is -2.47. The number of hydrogen-bond donors (Lipinski definition) is 2. The predicted octanol–water partition coefficient (Wildman–Crippen LogP) is -0.310. The van der Waals surface area contributed by atoms with Crippen LogP contribution in [0.4, 0.5) is 0 Å². The van der Waals surface area contributed by atoms with Crippen molar-refractivity contribution in [3.63, 3.8) is 0 Å². The van der Waals surface area contributed by atoms with Gasteiger partial charge in [0.05, 0.1) is 0 Å². The summed E-state index contributed by atoms with van der Waals surface area (Å²) in [4.78, 5) is 34.9. The van der Waals surface area contributed by atoms with Gasteiger partial charge in [-0.3, -0.25) is 14.4 Å². The Hall–Kier alpha value is -1.59. The topological polar surface area (TPSA) is 86.7 Å². The second-order valence-corrected chi connectivity index (χ2v) is 3.64. The first kappa shape index (κ1) is 14.4. The van der Waals surface area contributed by atoms with Crippen LogP contribution < -0.4 is 5.32 Å². The third-order valence-electron chi connectivity index (χ3n) is 2.34. The van der Waals surface area contributed by atoms with Gasteiger partial charge in [-0.2, -0.15) is 0 Å². The van der Waals surface area contributed by atoms with E-state index in [-0.39, 0.29) is 5.91 Å². The predicted molar refractivity (Wildman–Crippen MR) is 57.7 cm³/mol. The SMILES string of the molecule is CCN(C)C(=O)C(C)NC(=O)C(C)C(=O)O. The summed E-state index contributed by atoms with van der Waals surface area (Å²) in [6.07, 6.45) is 0. The van der Waals surface area contributed by atoms with Gasteiger partial charge in [0, 0.05) is 13.6 Å². The minimum absolute atomic E-state index is 0.242. The van der Waals surface area contributed by atoms with Crippen molar-refractivity contribution in [2.75, 3.05) is 13.6 Å². The van der Waals surface area contributed by atoms with Crippen LogP contribution in [0.15, 0.2) is 0 Å². The average molecular weight is 230 g/mol. The number of amides is 2. The van der Waals surface area contributed by atoms with Crippen LogP contribution in [0.3, 0.4) is 0 Å². The molecule has 0 aromatic carbocycles. The quantitative estimate of drug-likeness (QED) is 0.634. The first-order chi connectivity index (χ1) is 7.31. The Morgan fingerprint density at radius 1 is 1.31 bits per heavy atom. The number of likely N-dealkylation sites (N-methyl/N-ethyl adjacent to an activating group) is 1. The molecule has 2 N–H and O–H groups in total. The Morgan fingerprint density at radius 3 is 2.19 bits per heavy atom. The maximum Gasteiger partial charge on any atom is 0.315 e. The van der Waals surface area contributed by atoms with E-state index in [0.717, 1.165) is 0 Å². The molecule has 0 saturated carbocycles. The van der Waals surface area contributed by atoms with Crippen molar-refractivity contribution in [2.24, 2.45) is 5.92 Å². The van der Waals surface area contributed by atoms with E-state index in [2.05, 4.69) is 5.32 Å². The number of rotatable bonds is 5. The minimum Gasteiger partial charge on any atom is -0.481 e. The van der Waals surface area contributed by atoms with E-state index < -0.39 is 23.8 Å². The van der Waals surface area contributed by atoms with Crippen molar-refractivity contribution in [2.45, 2.75) is 26.8 Å². The standard InChI is InChI=1S/C10H18N2O4/c1-5-12(4)9(14)7(3)11-8(13)6(2)10(15)16/h6-7H,5H2,1-4H3,(H,11,13)(H,15,16). The molecule has 0 radical (unpaired) electrons. The van der Waals surface area contributed by atoms with E-state index in [0.29, 0.717) is 6.54 Å². The largest absolute Gasteiger partial charge is 0.481 e. The first-order valence-corrected chi connectivity index (χ1v) is 5.09. The van der Waals surface area contributed by atoms with Gasteiger partial charge in [-0.25, -0.2) is 0 Å². The number of carboxylic acid groups (broad SMARTS) is 1. The molecule has 0 aromatic heterocycles.